The van der Waals surface area contributed by atoms with Crippen LogP contribution in [-0.4, -0.2) is 12.0 Å². The molecular formula is C15H17BrN2. The van der Waals surface area contributed by atoms with Gasteiger partial charge in [0.1, 0.15) is 0 Å². The van der Waals surface area contributed by atoms with Crippen LogP contribution in [0.4, 0.5) is 0 Å². The largest absolute Gasteiger partial charge is 0.313 e. The summed E-state index contributed by atoms with van der Waals surface area (Å²) in [7, 11) is 1.99. The summed E-state index contributed by atoms with van der Waals surface area (Å²) < 4.78 is 1.12. The number of rotatable bonds is 4. The number of benzene rings is 1. The number of aryl methyl sites for hydroxylation is 1. The Morgan fingerprint density at radius 2 is 2.11 bits per heavy atom. The number of nitrogens with zero attached hydrogens (tertiary/aromatic N) is 1. The van der Waals surface area contributed by atoms with E-state index in [4.69, 9.17) is 0 Å². The Kier molecular flexibility index (Phi) is 4.50. The zero-order valence-corrected chi connectivity index (χ0v) is 12.2. The molecule has 0 radical (unpaired) electrons. The second-order valence-electron chi connectivity index (χ2n) is 4.43. The number of halogens is 1. The first-order valence-corrected chi connectivity index (χ1v) is 6.82. The molecule has 0 spiro atoms. The third-order valence-electron chi connectivity index (χ3n) is 2.95. The molecule has 18 heavy (non-hydrogen) atoms. The molecule has 2 rings (SSSR count). The van der Waals surface area contributed by atoms with Gasteiger partial charge in [0, 0.05) is 28.8 Å². The van der Waals surface area contributed by atoms with Crippen LogP contribution in [0.15, 0.2) is 47.1 Å². The molecule has 1 N–H and O–H groups in total. The van der Waals surface area contributed by atoms with E-state index in [0.717, 1.165) is 16.6 Å². The van der Waals surface area contributed by atoms with E-state index >= 15 is 0 Å². The summed E-state index contributed by atoms with van der Waals surface area (Å²) in [6.45, 7) is 2.11. The maximum atomic E-state index is 4.39. The maximum Gasteiger partial charge on any atom is 0.0422 e. The molecule has 1 heterocycles. The number of pyridine rings is 1. The van der Waals surface area contributed by atoms with Crippen molar-refractivity contribution in [1.29, 1.82) is 0 Å². The zero-order chi connectivity index (χ0) is 13.0. The molecule has 0 aliphatic heterocycles. The summed E-state index contributed by atoms with van der Waals surface area (Å²) in [5.41, 5.74) is 3.66. The van der Waals surface area contributed by atoms with Gasteiger partial charge in [-0.2, -0.15) is 0 Å². The summed E-state index contributed by atoms with van der Waals surface area (Å²) in [4.78, 5) is 4.39. The third kappa shape index (κ3) is 3.40. The Hall–Kier alpha value is -1.19. The van der Waals surface area contributed by atoms with Crippen molar-refractivity contribution in [3.8, 4) is 0 Å². The quantitative estimate of drug-likeness (QED) is 0.932. The highest BCUT2D eigenvalue weighted by atomic mass is 79.9. The standard InChI is InChI=1S/C15H17BrN2/c1-11-7-12(9-13(16)8-11)15(17-2)10-14-5-3-4-6-18-14/h3-9,15,17H,10H2,1-2H3. The van der Waals surface area contributed by atoms with Crippen molar-refractivity contribution in [2.24, 2.45) is 0 Å². The molecule has 1 aromatic heterocycles. The molecule has 0 amide bonds. The predicted octanol–water partition coefficient (Wildman–Crippen LogP) is 3.66. The van der Waals surface area contributed by atoms with Crippen molar-refractivity contribution in [2.75, 3.05) is 7.05 Å². The molecule has 2 nitrogen and oxygen atoms in total. The van der Waals surface area contributed by atoms with Gasteiger partial charge in [0.05, 0.1) is 0 Å². The molecule has 1 aromatic carbocycles. The van der Waals surface area contributed by atoms with E-state index in [1.165, 1.54) is 11.1 Å². The van der Waals surface area contributed by atoms with Crippen LogP contribution < -0.4 is 5.32 Å². The fourth-order valence-electron chi connectivity index (χ4n) is 2.08. The second kappa shape index (κ2) is 6.12. The van der Waals surface area contributed by atoms with E-state index in [1.54, 1.807) is 0 Å². The number of nitrogens with one attached hydrogen (secondary N) is 1. The Bertz CT molecular complexity index is 491. The lowest BCUT2D eigenvalue weighted by Gasteiger charge is -2.17. The Morgan fingerprint density at radius 1 is 1.28 bits per heavy atom. The predicted molar refractivity (Wildman–Crippen MR) is 78.6 cm³/mol. The second-order valence-corrected chi connectivity index (χ2v) is 5.34. The van der Waals surface area contributed by atoms with Crippen molar-refractivity contribution >= 4 is 15.9 Å². The molecule has 94 valence electrons. The molecule has 2 aromatic rings. The monoisotopic (exact) mass is 304 g/mol. The van der Waals surface area contributed by atoms with E-state index in [-0.39, 0.29) is 6.04 Å². The van der Waals surface area contributed by atoms with Crippen LogP contribution in [0.2, 0.25) is 0 Å². The minimum Gasteiger partial charge on any atom is -0.313 e. The molecule has 1 unspecified atom stereocenters. The van der Waals surface area contributed by atoms with Crippen molar-refractivity contribution in [3.63, 3.8) is 0 Å². The van der Waals surface area contributed by atoms with Gasteiger partial charge in [-0.1, -0.05) is 28.1 Å². The van der Waals surface area contributed by atoms with Gasteiger partial charge in [-0.05, 0) is 49.4 Å². The summed E-state index contributed by atoms with van der Waals surface area (Å²) in [6.07, 6.45) is 2.74. The van der Waals surface area contributed by atoms with E-state index in [9.17, 15) is 0 Å². The molecule has 0 aliphatic carbocycles. The van der Waals surface area contributed by atoms with E-state index in [1.807, 2.05) is 25.4 Å². The number of hydrogen-bond donors (Lipinski definition) is 1. The molecule has 0 saturated carbocycles. The average Bonchev–Trinajstić information content (AvgIpc) is 2.36. The van der Waals surface area contributed by atoms with Crippen molar-refractivity contribution in [2.45, 2.75) is 19.4 Å². The number of hydrogen-bond acceptors (Lipinski definition) is 2. The normalized spacial score (nSPS) is 12.4. The fourth-order valence-corrected chi connectivity index (χ4v) is 2.71. The first kappa shape index (κ1) is 13.2. The zero-order valence-electron chi connectivity index (χ0n) is 10.7. The smallest absolute Gasteiger partial charge is 0.0422 e. The average molecular weight is 305 g/mol. The minimum atomic E-state index is 0.288. The number of likely N-dealkylation sites (N-methyl/N-ethyl adjacent to an activating group) is 1. The Balaban J connectivity index is 2.23. The number of aromatic nitrogens is 1. The summed E-state index contributed by atoms with van der Waals surface area (Å²) in [6, 6.07) is 12.8. The van der Waals surface area contributed by atoms with Crippen LogP contribution in [0.5, 0.6) is 0 Å². The van der Waals surface area contributed by atoms with Gasteiger partial charge in [-0.25, -0.2) is 0 Å². The first-order chi connectivity index (χ1) is 8.69. The van der Waals surface area contributed by atoms with Crippen LogP contribution in [0.25, 0.3) is 0 Å². The summed E-state index contributed by atoms with van der Waals surface area (Å²) in [5.74, 6) is 0. The van der Waals surface area contributed by atoms with Crippen molar-refractivity contribution in [3.05, 3.63) is 63.9 Å². The first-order valence-electron chi connectivity index (χ1n) is 6.03. The van der Waals surface area contributed by atoms with Crippen LogP contribution in [0.3, 0.4) is 0 Å². The lowest BCUT2D eigenvalue weighted by atomic mass is 10.00. The third-order valence-corrected chi connectivity index (χ3v) is 3.41. The van der Waals surface area contributed by atoms with Crippen molar-refractivity contribution < 1.29 is 0 Å². The highest BCUT2D eigenvalue weighted by Crippen LogP contribution is 2.22. The molecular weight excluding hydrogens is 288 g/mol. The lowest BCUT2D eigenvalue weighted by molar-refractivity contribution is 0.584. The summed E-state index contributed by atoms with van der Waals surface area (Å²) >= 11 is 3.55. The van der Waals surface area contributed by atoms with Gasteiger partial charge < -0.3 is 5.32 Å². The molecule has 0 fully saturated rings. The van der Waals surface area contributed by atoms with Crippen LogP contribution in [0.1, 0.15) is 22.9 Å². The van der Waals surface area contributed by atoms with E-state index < -0.39 is 0 Å². The van der Waals surface area contributed by atoms with Crippen LogP contribution in [-0.2, 0) is 6.42 Å². The maximum absolute atomic E-state index is 4.39. The van der Waals surface area contributed by atoms with E-state index in [0.29, 0.717) is 0 Å². The van der Waals surface area contributed by atoms with Gasteiger partial charge >= 0.3 is 0 Å². The fraction of sp³-hybridized carbons (Fsp3) is 0.267. The highest BCUT2D eigenvalue weighted by Gasteiger charge is 2.11. The van der Waals surface area contributed by atoms with Gasteiger partial charge in [0.15, 0.2) is 0 Å². The van der Waals surface area contributed by atoms with Crippen molar-refractivity contribution in [1.82, 2.24) is 10.3 Å². The Morgan fingerprint density at radius 3 is 2.72 bits per heavy atom. The summed E-state index contributed by atoms with van der Waals surface area (Å²) in [5, 5.41) is 3.36. The minimum absolute atomic E-state index is 0.288. The van der Waals surface area contributed by atoms with Gasteiger partial charge in [0.2, 0.25) is 0 Å². The topological polar surface area (TPSA) is 24.9 Å². The molecule has 0 aliphatic rings. The Labute approximate surface area is 117 Å². The van der Waals surface area contributed by atoms with Gasteiger partial charge in [-0.15, -0.1) is 0 Å². The van der Waals surface area contributed by atoms with Gasteiger partial charge in [0.25, 0.3) is 0 Å². The van der Waals surface area contributed by atoms with Gasteiger partial charge in [-0.3, -0.25) is 4.98 Å². The van der Waals surface area contributed by atoms with Crippen LogP contribution in [0, 0.1) is 6.92 Å². The molecule has 0 bridgehead atoms. The van der Waals surface area contributed by atoms with Crippen LogP contribution >= 0.6 is 15.9 Å². The van der Waals surface area contributed by atoms with E-state index in [2.05, 4.69) is 57.4 Å². The molecule has 3 heteroatoms. The lowest BCUT2D eigenvalue weighted by Crippen LogP contribution is -2.19. The SMILES string of the molecule is CNC(Cc1ccccn1)c1cc(C)cc(Br)c1. The highest BCUT2D eigenvalue weighted by molar-refractivity contribution is 9.10. The molecule has 1 atom stereocenters. The molecule has 0 saturated heterocycles.